The first-order valence-corrected chi connectivity index (χ1v) is 6.23. The van der Waals surface area contributed by atoms with Crippen molar-refractivity contribution < 1.29 is 9.47 Å². The molecule has 0 aliphatic heterocycles. The van der Waals surface area contributed by atoms with Crippen LogP contribution < -0.4 is 15.2 Å². The van der Waals surface area contributed by atoms with E-state index in [9.17, 15) is 0 Å². The molecule has 0 unspecified atom stereocenters. The zero-order valence-corrected chi connectivity index (χ0v) is 11.0. The quantitative estimate of drug-likeness (QED) is 0.736. The largest absolute Gasteiger partial charge is 0.494 e. The van der Waals surface area contributed by atoms with Crippen molar-refractivity contribution in [1.82, 2.24) is 4.98 Å². The summed E-state index contributed by atoms with van der Waals surface area (Å²) in [6, 6.07) is 15.0. The fraction of sp³-hybridized carbons (Fsp3) is 0.0625. The lowest BCUT2D eigenvalue weighted by Gasteiger charge is -2.12. The molecule has 4 heteroatoms. The first-order chi connectivity index (χ1) is 9.79. The third-order valence-corrected chi connectivity index (χ3v) is 3.07. The maximum atomic E-state index is 6.02. The van der Waals surface area contributed by atoms with E-state index in [2.05, 4.69) is 4.98 Å². The summed E-state index contributed by atoms with van der Waals surface area (Å²) in [5, 5.41) is 0.942. The monoisotopic (exact) mass is 266 g/mol. The van der Waals surface area contributed by atoms with Crippen LogP contribution in [0.5, 0.6) is 17.2 Å². The molecule has 0 saturated heterocycles. The van der Waals surface area contributed by atoms with Crippen LogP contribution in [0.4, 0.5) is 5.69 Å². The number of rotatable bonds is 3. The molecule has 0 bridgehead atoms. The third kappa shape index (κ3) is 2.12. The van der Waals surface area contributed by atoms with Gasteiger partial charge in [-0.15, -0.1) is 0 Å². The molecule has 0 atom stereocenters. The van der Waals surface area contributed by atoms with Gasteiger partial charge in [0.25, 0.3) is 0 Å². The molecule has 20 heavy (non-hydrogen) atoms. The molecule has 2 N–H and O–H groups in total. The van der Waals surface area contributed by atoms with Gasteiger partial charge in [-0.2, -0.15) is 0 Å². The van der Waals surface area contributed by atoms with E-state index in [-0.39, 0.29) is 0 Å². The number of nitrogens with two attached hydrogens (primary N) is 1. The molecule has 3 aromatic rings. The lowest BCUT2D eigenvalue weighted by Crippen LogP contribution is -1.96. The number of methoxy groups -OCH3 is 1. The standard InChI is InChI=1S/C16H14N2O2/c1-19-14-8-3-9-15(16(14)17)20-13-7-2-6-12-11(13)5-4-10-18-12/h2-10H,17H2,1H3. The Hall–Kier alpha value is -2.75. The lowest BCUT2D eigenvalue weighted by atomic mass is 10.2. The molecule has 0 spiro atoms. The van der Waals surface area contributed by atoms with E-state index >= 15 is 0 Å². The number of benzene rings is 2. The Bertz CT molecular complexity index is 751. The number of hydrogen-bond donors (Lipinski definition) is 1. The molecule has 3 rings (SSSR count). The Morgan fingerprint density at radius 2 is 1.65 bits per heavy atom. The van der Waals surface area contributed by atoms with E-state index in [1.807, 2.05) is 42.5 Å². The van der Waals surface area contributed by atoms with Crippen molar-refractivity contribution in [3.05, 3.63) is 54.7 Å². The van der Waals surface area contributed by atoms with E-state index in [1.165, 1.54) is 0 Å². The summed E-state index contributed by atoms with van der Waals surface area (Å²) in [6.07, 6.45) is 1.76. The maximum absolute atomic E-state index is 6.02. The van der Waals surface area contributed by atoms with Gasteiger partial charge >= 0.3 is 0 Å². The fourth-order valence-corrected chi connectivity index (χ4v) is 2.07. The van der Waals surface area contributed by atoms with Gasteiger partial charge in [0.05, 0.1) is 12.6 Å². The third-order valence-electron chi connectivity index (χ3n) is 3.07. The van der Waals surface area contributed by atoms with Crippen molar-refractivity contribution in [2.24, 2.45) is 0 Å². The van der Waals surface area contributed by atoms with Crippen molar-refractivity contribution in [2.45, 2.75) is 0 Å². The van der Waals surface area contributed by atoms with Crippen LogP contribution >= 0.6 is 0 Å². The van der Waals surface area contributed by atoms with Crippen molar-refractivity contribution in [1.29, 1.82) is 0 Å². The molecular weight excluding hydrogens is 252 g/mol. The van der Waals surface area contributed by atoms with Crippen LogP contribution in [0.15, 0.2) is 54.7 Å². The van der Waals surface area contributed by atoms with Gasteiger partial charge in [-0.3, -0.25) is 4.98 Å². The van der Waals surface area contributed by atoms with Gasteiger partial charge in [-0.05, 0) is 36.4 Å². The second-order valence-corrected chi connectivity index (χ2v) is 4.30. The first-order valence-electron chi connectivity index (χ1n) is 6.23. The molecular formula is C16H14N2O2. The summed E-state index contributed by atoms with van der Waals surface area (Å²) in [5.41, 5.74) is 7.38. The topological polar surface area (TPSA) is 57.4 Å². The molecule has 4 nitrogen and oxygen atoms in total. The molecule has 1 aromatic heterocycles. The molecule has 0 aliphatic rings. The van der Waals surface area contributed by atoms with E-state index in [1.54, 1.807) is 19.4 Å². The van der Waals surface area contributed by atoms with Crippen molar-refractivity contribution in [3.63, 3.8) is 0 Å². The number of nitrogens with zero attached hydrogens (tertiary/aromatic N) is 1. The number of pyridine rings is 1. The number of aromatic nitrogens is 1. The second kappa shape index (κ2) is 5.09. The van der Waals surface area contributed by atoms with E-state index in [0.29, 0.717) is 17.2 Å². The highest BCUT2D eigenvalue weighted by Crippen LogP contribution is 2.36. The van der Waals surface area contributed by atoms with Crippen molar-refractivity contribution in [2.75, 3.05) is 12.8 Å². The maximum Gasteiger partial charge on any atom is 0.154 e. The van der Waals surface area contributed by atoms with Gasteiger partial charge in [-0.25, -0.2) is 0 Å². The number of para-hydroxylation sites is 1. The number of nitrogen functional groups attached to an aromatic ring is 1. The van der Waals surface area contributed by atoms with Crippen molar-refractivity contribution >= 4 is 16.6 Å². The summed E-state index contributed by atoms with van der Waals surface area (Å²) >= 11 is 0. The highest BCUT2D eigenvalue weighted by atomic mass is 16.5. The van der Waals surface area contributed by atoms with Crippen LogP contribution in [0.1, 0.15) is 0 Å². The predicted octanol–water partition coefficient (Wildman–Crippen LogP) is 3.62. The Balaban J connectivity index is 2.06. The molecule has 0 fully saturated rings. The van der Waals surface area contributed by atoms with Crippen LogP contribution in [0.3, 0.4) is 0 Å². The van der Waals surface area contributed by atoms with E-state index < -0.39 is 0 Å². The van der Waals surface area contributed by atoms with E-state index in [0.717, 1.165) is 16.7 Å². The number of hydrogen-bond acceptors (Lipinski definition) is 4. The fourth-order valence-electron chi connectivity index (χ4n) is 2.07. The van der Waals surface area contributed by atoms with Crippen molar-refractivity contribution in [3.8, 4) is 17.2 Å². The molecule has 0 aliphatic carbocycles. The minimum absolute atomic E-state index is 0.482. The summed E-state index contributed by atoms with van der Waals surface area (Å²) < 4.78 is 11.1. The van der Waals surface area contributed by atoms with Gasteiger partial charge in [0.2, 0.25) is 0 Å². The van der Waals surface area contributed by atoms with Crippen LogP contribution in [0.2, 0.25) is 0 Å². The van der Waals surface area contributed by atoms with Crippen LogP contribution in [-0.4, -0.2) is 12.1 Å². The van der Waals surface area contributed by atoms with Gasteiger partial charge in [0.1, 0.15) is 17.2 Å². The van der Waals surface area contributed by atoms with Crippen LogP contribution in [-0.2, 0) is 0 Å². The molecule has 1 heterocycles. The predicted molar refractivity (Wildman–Crippen MR) is 79.2 cm³/mol. The summed E-state index contributed by atoms with van der Waals surface area (Å²) in [6.45, 7) is 0. The van der Waals surface area contributed by atoms with Crippen LogP contribution in [0.25, 0.3) is 10.9 Å². The molecule has 100 valence electrons. The zero-order valence-electron chi connectivity index (χ0n) is 11.0. The summed E-state index contributed by atoms with van der Waals surface area (Å²) in [4.78, 5) is 4.30. The SMILES string of the molecule is COc1cccc(Oc2cccc3ncccc23)c1N. The smallest absolute Gasteiger partial charge is 0.154 e. The van der Waals surface area contributed by atoms with Gasteiger partial charge in [0, 0.05) is 11.6 Å². The van der Waals surface area contributed by atoms with Gasteiger partial charge in [-0.1, -0.05) is 12.1 Å². The number of ether oxygens (including phenoxy) is 2. The Morgan fingerprint density at radius 3 is 2.50 bits per heavy atom. The minimum Gasteiger partial charge on any atom is -0.494 e. The average molecular weight is 266 g/mol. The minimum atomic E-state index is 0.482. The highest BCUT2D eigenvalue weighted by molar-refractivity contribution is 5.85. The summed E-state index contributed by atoms with van der Waals surface area (Å²) in [5.74, 6) is 1.89. The normalized spacial score (nSPS) is 10.4. The second-order valence-electron chi connectivity index (χ2n) is 4.30. The highest BCUT2D eigenvalue weighted by Gasteiger charge is 2.09. The molecule has 0 radical (unpaired) electrons. The first kappa shape index (κ1) is 12.3. The number of fused-ring (bicyclic) bond motifs is 1. The Kier molecular flexibility index (Phi) is 3.13. The zero-order chi connectivity index (χ0) is 13.9. The van der Waals surface area contributed by atoms with Crippen LogP contribution in [0, 0.1) is 0 Å². The molecule has 0 saturated carbocycles. The summed E-state index contributed by atoms with van der Waals surface area (Å²) in [7, 11) is 1.58. The Morgan fingerprint density at radius 1 is 0.900 bits per heavy atom. The van der Waals surface area contributed by atoms with E-state index in [4.69, 9.17) is 15.2 Å². The van der Waals surface area contributed by atoms with Gasteiger partial charge < -0.3 is 15.2 Å². The molecule has 2 aromatic carbocycles. The molecule has 0 amide bonds. The lowest BCUT2D eigenvalue weighted by molar-refractivity contribution is 0.412. The van der Waals surface area contributed by atoms with Gasteiger partial charge in [0.15, 0.2) is 5.75 Å². The number of anilines is 1. The average Bonchev–Trinajstić information content (AvgIpc) is 2.50. The Labute approximate surface area is 116 Å².